The number of carbonyl (C=O) groups is 2. The fourth-order valence-electron chi connectivity index (χ4n) is 3.81. The second-order valence-corrected chi connectivity index (χ2v) is 8.46. The Hall–Kier alpha value is -3.31. The molecule has 1 heterocycles. The van der Waals surface area contributed by atoms with Crippen LogP contribution in [0.5, 0.6) is 0 Å². The Morgan fingerprint density at radius 1 is 1.20 bits per heavy atom. The Bertz CT molecular complexity index is 962. The predicted molar refractivity (Wildman–Crippen MR) is 114 cm³/mol. The lowest BCUT2D eigenvalue weighted by Crippen LogP contribution is -2.45. The zero-order valence-corrected chi connectivity index (χ0v) is 17.5. The maximum atomic E-state index is 13.3. The monoisotopic (exact) mass is 406 g/mol. The summed E-state index contributed by atoms with van der Waals surface area (Å²) in [6.45, 7) is 6.39. The van der Waals surface area contributed by atoms with E-state index in [0.717, 1.165) is 21.6 Å². The van der Waals surface area contributed by atoms with Gasteiger partial charge in [-0.25, -0.2) is 9.69 Å². The average Bonchev–Trinajstić information content (AvgIpc) is 3.07. The Morgan fingerprint density at radius 2 is 1.87 bits per heavy atom. The molecule has 30 heavy (non-hydrogen) atoms. The van der Waals surface area contributed by atoms with Crippen LogP contribution in [0, 0.1) is 0 Å². The standard InChI is InChI=1S/C23H26N4O3/c1-23(2,3)19-12-8-7-11-17(19)14-20(25-26-24)21(28)27-18(15-30-22(27)29)13-16-9-5-4-6-10-16/h4-12,18,20H,13-15H2,1-3H3/t18?,20-/m0/s1. The maximum Gasteiger partial charge on any atom is 0.416 e. The Morgan fingerprint density at radius 3 is 2.53 bits per heavy atom. The first-order chi connectivity index (χ1) is 14.3. The quantitative estimate of drug-likeness (QED) is 0.392. The number of carbonyl (C=O) groups excluding carboxylic acids is 2. The molecule has 1 saturated heterocycles. The van der Waals surface area contributed by atoms with Gasteiger partial charge in [-0.1, -0.05) is 80.5 Å². The lowest BCUT2D eigenvalue weighted by molar-refractivity contribution is -0.130. The molecular weight excluding hydrogens is 380 g/mol. The number of cyclic esters (lactones) is 1. The molecule has 0 saturated carbocycles. The van der Waals surface area contributed by atoms with E-state index in [1.807, 2.05) is 54.6 Å². The highest BCUT2D eigenvalue weighted by molar-refractivity contribution is 5.96. The van der Waals surface area contributed by atoms with Crippen molar-refractivity contribution in [1.29, 1.82) is 0 Å². The molecule has 1 aliphatic rings. The summed E-state index contributed by atoms with van der Waals surface area (Å²) >= 11 is 0. The molecule has 2 atom stereocenters. The average molecular weight is 406 g/mol. The highest BCUT2D eigenvalue weighted by Gasteiger charge is 2.40. The third-order valence-electron chi connectivity index (χ3n) is 5.23. The Kier molecular flexibility index (Phi) is 6.43. The molecule has 156 valence electrons. The summed E-state index contributed by atoms with van der Waals surface area (Å²) in [7, 11) is 0. The largest absolute Gasteiger partial charge is 0.447 e. The molecule has 7 heteroatoms. The molecule has 0 spiro atoms. The molecule has 0 radical (unpaired) electrons. The lowest BCUT2D eigenvalue weighted by atomic mass is 9.82. The van der Waals surface area contributed by atoms with E-state index < -0.39 is 24.1 Å². The molecule has 1 unspecified atom stereocenters. The molecular formula is C23H26N4O3. The van der Waals surface area contributed by atoms with Crippen LogP contribution in [-0.4, -0.2) is 35.6 Å². The van der Waals surface area contributed by atoms with Gasteiger partial charge in [0, 0.05) is 4.91 Å². The minimum absolute atomic E-state index is 0.126. The van der Waals surface area contributed by atoms with Crippen molar-refractivity contribution in [3.63, 3.8) is 0 Å². The van der Waals surface area contributed by atoms with Gasteiger partial charge in [-0.15, -0.1) is 0 Å². The van der Waals surface area contributed by atoms with Gasteiger partial charge in [0.25, 0.3) is 0 Å². The molecule has 7 nitrogen and oxygen atoms in total. The number of rotatable bonds is 6. The van der Waals surface area contributed by atoms with E-state index in [4.69, 9.17) is 10.3 Å². The Balaban J connectivity index is 1.86. The van der Waals surface area contributed by atoms with Crippen LogP contribution in [0.2, 0.25) is 0 Å². The van der Waals surface area contributed by atoms with Crippen molar-refractivity contribution in [2.45, 2.75) is 51.1 Å². The van der Waals surface area contributed by atoms with Crippen LogP contribution in [0.3, 0.4) is 0 Å². The first-order valence-electron chi connectivity index (χ1n) is 9.97. The van der Waals surface area contributed by atoms with Gasteiger partial charge in [0.05, 0.1) is 6.04 Å². The van der Waals surface area contributed by atoms with E-state index in [1.54, 1.807) is 0 Å². The van der Waals surface area contributed by atoms with Gasteiger partial charge >= 0.3 is 6.09 Å². The zero-order chi connectivity index (χ0) is 21.7. The first kappa shape index (κ1) is 21.4. The lowest BCUT2D eigenvalue weighted by Gasteiger charge is -2.26. The van der Waals surface area contributed by atoms with Crippen molar-refractivity contribution in [3.8, 4) is 0 Å². The van der Waals surface area contributed by atoms with Gasteiger partial charge in [0.1, 0.15) is 12.6 Å². The number of azide groups is 1. The SMILES string of the molecule is CC(C)(C)c1ccccc1C[C@H](N=[N+]=[N-])C(=O)N1C(=O)OCC1Cc1ccccc1. The van der Waals surface area contributed by atoms with Gasteiger partial charge < -0.3 is 4.74 Å². The summed E-state index contributed by atoms with van der Waals surface area (Å²) in [5.41, 5.74) is 11.9. The number of nitrogens with zero attached hydrogens (tertiary/aromatic N) is 4. The third kappa shape index (κ3) is 4.81. The summed E-state index contributed by atoms with van der Waals surface area (Å²) in [5.74, 6) is -0.528. The van der Waals surface area contributed by atoms with Crippen molar-refractivity contribution in [2.24, 2.45) is 5.11 Å². The summed E-state index contributed by atoms with van der Waals surface area (Å²) in [5, 5.41) is 3.74. The van der Waals surface area contributed by atoms with E-state index in [2.05, 4.69) is 30.8 Å². The molecule has 0 bridgehead atoms. The molecule has 1 fully saturated rings. The van der Waals surface area contributed by atoms with Crippen molar-refractivity contribution in [1.82, 2.24) is 4.90 Å². The molecule has 1 aliphatic heterocycles. The van der Waals surface area contributed by atoms with E-state index in [9.17, 15) is 9.59 Å². The van der Waals surface area contributed by atoms with Gasteiger partial charge in [-0.3, -0.25) is 4.79 Å². The molecule has 0 aliphatic carbocycles. The minimum atomic E-state index is -1.03. The third-order valence-corrected chi connectivity index (χ3v) is 5.23. The van der Waals surface area contributed by atoms with Crippen molar-refractivity contribution >= 4 is 12.0 Å². The molecule has 2 aromatic rings. The van der Waals surface area contributed by atoms with Crippen LogP contribution < -0.4 is 0 Å². The zero-order valence-electron chi connectivity index (χ0n) is 17.5. The van der Waals surface area contributed by atoms with Crippen LogP contribution >= 0.6 is 0 Å². The highest BCUT2D eigenvalue weighted by Crippen LogP contribution is 2.28. The fraction of sp³-hybridized carbons (Fsp3) is 0.391. The van der Waals surface area contributed by atoms with Crippen LogP contribution in [0.15, 0.2) is 59.7 Å². The fourth-order valence-corrected chi connectivity index (χ4v) is 3.81. The van der Waals surface area contributed by atoms with E-state index >= 15 is 0 Å². The maximum absolute atomic E-state index is 13.3. The number of imide groups is 1. The smallest absolute Gasteiger partial charge is 0.416 e. The topological polar surface area (TPSA) is 95.4 Å². The molecule has 2 amide bonds. The van der Waals surface area contributed by atoms with Crippen LogP contribution in [0.4, 0.5) is 4.79 Å². The summed E-state index contributed by atoms with van der Waals surface area (Å²) in [6.07, 6.45) is 0.0149. The molecule has 3 rings (SSSR count). The second-order valence-electron chi connectivity index (χ2n) is 8.46. The van der Waals surface area contributed by atoms with E-state index in [0.29, 0.717) is 6.42 Å². The van der Waals surface area contributed by atoms with Crippen LogP contribution in [-0.2, 0) is 27.8 Å². The number of hydrogen-bond donors (Lipinski definition) is 0. The normalized spacial score (nSPS) is 17.2. The molecule has 2 aromatic carbocycles. The summed E-state index contributed by atoms with van der Waals surface area (Å²) < 4.78 is 5.16. The predicted octanol–water partition coefficient (Wildman–Crippen LogP) is 4.80. The molecule has 0 aromatic heterocycles. The minimum Gasteiger partial charge on any atom is -0.447 e. The van der Waals surface area contributed by atoms with Crippen LogP contribution in [0.25, 0.3) is 10.4 Å². The Labute approximate surface area is 176 Å². The number of amides is 2. The highest BCUT2D eigenvalue weighted by atomic mass is 16.6. The number of hydrogen-bond acceptors (Lipinski definition) is 4. The van der Waals surface area contributed by atoms with Crippen molar-refractivity contribution in [2.75, 3.05) is 6.61 Å². The van der Waals surface area contributed by atoms with Gasteiger partial charge in [0.15, 0.2) is 0 Å². The second kappa shape index (κ2) is 9.01. The van der Waals surface area contributed by atoms with Crippen molar-refractivity contribution in [3.05, 3.63) is 81.7 Å². The van der Waals surface area contributed by atoms with Gasteiger partial charge in [-0.2, -0.15) is 0 Å². The number of ether oxygens (including phenoxy) is 1. The van der Waals surface area contributed by atoms with Crippen molar-refractivity contribution < 1.29 is 14.3 Å². The van der Waals surface area contributed by atoms with Crippen LogP contribution in [0.1, 0.15) is 37.5 Å². The molecule has 0 N–H and O–H groups in total. The van der Waals surface area contributed by atoms with E-state index in [-0.39, 0.29) is 18.4 Å². The van der Waals surface area contributed by atoms with E-state index in [1.165, 1.54) is 0 Å². The summed E-state index contributed by atoms with van der Waals surface area (Å²) in [6, 6.07) is 15.9. The number of benzene rings is 2. The summed E-state index contributed by atoms with van der Waals surface area (Å²) in [4.78, 5) is 29.6. The van der Waals surface area contributed by atoms with Gasteiger partial charge in [0.2, 0.25) is 5.91 Å². The first-order valence-corrected chi connectivity index (χ1v) is 9.97. The van der Waals surface area contributed by atoms with Gasteiger partial charge in [-0.05, 0) is 40.5 Å².